The summed E-state index contributed by atoms with van der Waals surface area (Å²) >= 11 is 0. The van der Waals surface area contributed by atoms with Gasteiger partial charge in [0.15, 0.2) is 0 Å². The van der Waals surface area contributed by atoms with E-state index in [-0.39, 0.29) is 0 Å². The predicted molar refractivity (Wildman–Crippen MR) is 80.0 cm³/mol. The first-order valence-electron chi connectivity index (χ1n) is 6.55. The Morgan fingerprint density at radius 2 is 1.47 bits per heavy atom. The van der Waals surface area contributed by atoms with E-state index in [1.54, 1.807) is 0 Å². The van der Waals surface area contributed by atoms with Crippen molar-refractivity contribution in [3.8, 4) is 0 Å². The van der Waals surface area contributed by atoms with Crippen LogP contribution in [0.5, 0.6) is 0 Å². The maximum Gasteiger partial charge on any atom is -0.0157 e. The van der Waals surface area contributed by atoms with Gasteiger partial charge >= 0.3 is 0 Å². The summed E-state index contributed by atoms with van der Waals surface area (Å²) in [6.07, 6.45) is 11.8. The van der Waals surface area contributed by atoms with Gasteiger partial charge in [-0.05, 0) is 17.6 Å². The van der Waals surface area contributed by atoms with Crippen LogP contribution in [0.1, 0.15) is 39.7 Å². The fraction of sp³-hybridized carbons (Fsp3) is 0.294. The maximum absolute atomic E-state index is 2.25. The minimum absolute atomic E-state index is 1.03. The molecule has 0 fully saturated rings. The molecule has 0 heteroatoms. The highest BCUT2D eigenvalue weighted by Gasteiger charge is 1.95. The number of hydrogen-bond donors (Lipinski definition) is 0. The fourth-order valence-corrected chi connectivity index (χ4v) is 1.42. The molecule has 0 N–H and O–H groups in total. The highest BCUT2D eigenvalue weighted by atomic mass is 14.0. The summed E-state index contributed by atoms with van der Waals surface area (Å²) in [6, 6.07) is 10.5. The molecule has 0 aromatic heterocycles. The topological polar surface area (TPSA) is 0 Å². The third-order valence-electron chi connectivity index (χ3n) is 2.10. The molecule has 0 saturated heterocycles. The van der Waals surface area contributed by atoms with Gasteiger partial charge in [0.05, 0.1) is 0 Å². The Balaban J connectivity index is 0.000000581. The van der Waals surface area contributed by atoms with Crippen LogP contribution in [0.4, 0.5) is 0 Å². The second-order valence-electron chi connectivity index (χ2n) is 3.05. The van der Waals surface area contributed by atoms with Crippen LogP contribution in [0, 0.1) is 0 Å². The van der Waals surface area contributed by atoms with E-state index in [1.807, 2.05) is 33.8 Å². The molecule has 1 aromatic carbocycles. The summed E-state index contributed by atoms with van der Waals surface area (Å²) in [4.78, 5) is 0. The van der Waals surface area contributed by atoms with Crippen molar-refractivity contribution >= 4 is 5.57 Å². The molecule has 92 valence electrons. The van der Waals surface area contributed by atoms with Gasteiger partial charge in [-0.3, -0.25) is 0 Å². The standard InChI is InChI=1S/C13H12.2C2H6/c1-2-5-9-12(8-4-1)13-10-6-3-7-11-13;2*1-2/h1-4,6-11H,5H2;2*1-2H3. The van der Waals surface area contributed by atoms with Crippen molar-refractivity contribution in [1.29, 1.82) is 0 Å². The predicted octanol–water partition coefficient (Wildman–Crippen LogP) is 5.64. The molecule has 1 aromatic rings. The first kappa shape index (κ1) is 15.4. The molecule has 0 radical (unpaired) electrons. The maximum atomic E-state index is 2.25. The van der Waals surface area contributed by atoms with Crippen molar-refractivity contribution in [1.82, 2.24) is 0 Å². The van der Waals surface area contributed by atoms with Gasteiger partial charge in [-0.25, -0.2) is 0 Å². The van der Waals surface area contributed by atoms with Crippen LogP contribution < -0.4 is 0 Å². The molecule has 2 rings (SSSR count). The lowest BCUT2D eigenvalue weighted by molar-refractivity contribution is 1.40. The molecule has 0 heterocycles. The van der Waals surface area contributed by atoms with Gasteiger partial charge in [-0.2, -0.15) is 0 Å². The Bertz CT molecular complexity index is 353. The Labute approximate surface area is 106 Å². The van der Waals surface area contributed by atoms with Crippen LogP contribution in [0.25, 0.3) is 5.57 Å². The van der Waals surface area contributed by atoms with E-state index >= 15 is 0 Å². The summed E-state index contributed by atoms with van der Waals surface area (Å²) < 4.78 is 0. The largest absolute Gasteiger partial charge is 0.0807 e. The average molecular weight is 228 g/mol. The average Bonchev–Trinajstić information content (AvgIpc) is 2.73. The third kappa shape index (κ3) is 5.91. The van der Waals surface area contributed by atoms with Crippen LogP contribution in [0.15, 0.2) is 60.7 Å². The smallest absolute Gasteiger partial charge is 0.0157 e. The molecule has 1 aliphatic carbocycles. The van der Waals surface area contributed by atoms with Crippen LogP contribution in [-0.2, 0) is 0 Å². The van der Waals surface area contributed by atoms with Crippen molar-refractivity contribution in [3.63, 3.8) is 0 Å². The first-order chi connectivity index (χ1) is 8.47. The van der Waals surface area contributed by atoms with E-state index in [0.29, 0.717) is 0 Å². The monoisotopic (exact) mass is 228 g/mol. The normalized spacial score (nSPS) is 12.4. The summed E-state index contributed by atoms with van der Waals surface area (Å²) in [5.41, 5.74) is 2.60. The van der Waals surface area contributed by atoms with Crippen molar-refractivity contribution in [2.45, 2.75) is 34.1 Å². The van der Waals surface area contributed by atoms with E-state index in [1.165, 1.54) is 11.1 Å². The highest BCUT2D eigenvalue weighted by Crippen LogP contribution is 2.17. The van der Waals surface area contributed by atoms with Crippen LogP contribution >= 0.6 is 0 Å². The van der Waals surface area contributed by atoms with Gasteiger partial charge in [0.2, 0.25) is 0 Å². The minimum atomic E-state index is 1.03. The molecular formula is C17H24. The molecule has 0 aliphatic heterocycles. The zero-order valence-corrected chi connectivity index (χ0v) is 11.5. The Morgan fingerprint density at radius 3 is 2.12 bits per heavy atom. The number of benzene rings is 1. The Morgan fingerprint density at radius 1 is 0.824 bits per heavy atom. The van der Waals surface area contributed by atoms with Crippen molar-refractivity contribution < 1.29 is 0 Å². The molecule has 0 unspecified atom stereocenters. The van der Waals surface area contributed by atoms with Crippen LogP contribution in [-0.4, -0.2) is 0 Å². The summed E-state index contributed by atoms with van der Waals surface area (Å²) in [6.45, 7) is 8.00. The minimum Gasteiger partial charge on any atom is -0.0807 e. The first-order valence-corrected chi connectivity index (χ1v) is 6.55. The van der Waals surface area contributed by atoms with E-state index in [2.05, 4.69) is 54.6 Å². The van der Waals surface area contributed by atoms with E-state index in [0.717, 1.165) is 6.42 Å². The quantitative estimate of drug-likeness (QED) is 0.583. The lowest BCUT2D eigenvalue weighted by Crippen LogP contribution is -1.78. The molecular weight excluding hydrogens is 204 g/mol. The highest BCUT2D eigenvalue weighted by molar-refractivity contribution is 5.74. The van der Waals surface area contributed by atoms with Crippen LogP contribution in [0.3, 0.4) is 0 Å². The van der Waals surface area contributed by atoms with Crippen LogP contribution in [0.2, 0.25) is 0 Å². The second kappa shape index (κ2) is 10.9. The third-order valence-corrected chi connectivity index (χ3v) is 2.10. The molecule has 0 bridgehead atoms. The molecule has 0 atom stereocenters. The lowest BCUT2D eigenvalue weighted by atomic mass is 10.1. The molecule has 0 spiro atoms. The summed E-state index contributed by atoms with van der Waals surface area (Å²) in [7, 11) is 0. The number of rotatable bonds is 1. The lowest BCUT2D eigenvalue weighted by Gasteiger charge is -2.00. The molecule has 0 nitrogen and oxygen atoms in total. The van der Waals surface area contributed by atoms with E-state index in [4.69, 9.17) is 0 Å². The summed E-state index contributed by atoms with van der Waals surface area (Å²) in [5, 5.41) is 0. The van der Waals surface area contributed by atoms with Gasteiger partial charge in [0.1, 0.15) is 0 Å². The van der Waals surface area contributed by atoms with Gasteiger partial charge in [-0.1, -0.05) is 88.4 Å². The van der Waals surface area contributed by atoms with Gasteiger partial charge in [-0.15, -0.1) is 0 Å². The number of allylic oxidation sites excluding steroid dienone is 6. The van der Waals surface area contributed by atoms with Crippen molar-refractivity contribution in [2.75, 3.05) is 0 Å². The summed E-state index contributed by atoms with van der Waals surface area (Å²) in [5.74, 6) is 0. The molecule has 0 amide bonds. The SMILES string of the molecule is C1=CCC=C(c2ccccc2)C=C1.CC.CC. The van der Waals surface area contributed by atoms with E-state index in [9.17, 15) is 0 Å². The molecule has 1 aliphatic rings. The van der Waals surface area contributed by atoms with Crippen molar-refractivity contribution in [3.05, 3.63) is 66.3 Å². The zero-order chi connectivity index (χ0) is 12.9. The zero-order valence-electron chi connectivity index (χ0n) is 11.5. The second-order valence-corrected chi connectivity index (χ2v) is 3.05. The molecule has 17 heavy (non-hydrogen) atoms. The van der Waals surface area contributed by atoms with Crippen molar-refractivity contribution in [2.24, 2.45) is 0 Å². The Kier molecular flexibility index (Phi) is 9.94. The number of hydrogen-bond acceptors (Lipinski definition) is 0. The van der Waals surface area contributed by atoms with E-state index < -0.39 is 0 Å². The van der Waals surface area contributed by atoms with Gasteiger partial charge in [0, 0.05) is 0 Å². The Hall–Kier alpha value is -1.56. The van der Waals surface area contributed by atoms with Gasteiger partial charge < -0.3 is 0 Å². The van der Waals surface area contributed by atoms with Gasteiger partial charge in [0.25, 0.3) is 0 Å². The molecule has 0 saturated carbocycles. The fourth-order valence-electron chi connectivity index (χ4n) is 1.42.